The van der Waals surface area contributed by atoms with Crippen molar-refractivity contribution in [2.24, 2.45) is 0 Å². The van der Waals surface area contributed by atoms with Gasteiger partial charge in [-0.15, -0.1) is 0 Å². The third kappa shape index (κ3) is 2.60. The number of nitrogens with zero attached hydrogens (tertiary/aromatic N) is 1. The summed E-state index contributed by atoms with van der Waals surface area (Å²) < 4.78 is 5.22. The zero-order chi connectivity index (χ0) is 11.4. The Labute approximate surface area is 96.0 Å². The van der Waals surface area contributed by atoms with Gasteiger partial charge in [0.05, 0.1) is 17.7 Å². The quantitative estimate of drug-likeness (QED) is 0.835. The molecule has 3 heteroatoms. The van der Waals surface area contributed by atoms with Crippen molar-refractivity contribution in [1.82, 2.24) is 5.32 Å². The van der Waals surface area contributed by atoms with Crippen molar-refractivity contribution >= 4 is 0 Å². The molecule has 84 valence electrons. The van der Waals surface area contributed by atoms with Crippen LogP contribution in [-0.2, 0) is 11.3 Å². The van der Waals surface area contributed by atoms with Crippen molar-refractivity contribution in [3.8, 4) is 6.07 Å². The maximum Gasteiger partial charge on any atom is 0.0991 e. The van der Waals surface area contributed by atoms with E-state index in [1.165, 1.54) is 5.56 Å². The lowest BCUT2D eigenvalue weighted by atomic mass is 9.89. The van der Waals surface area contributed by atoms with Crippen LogP contribution in [0.1, 0.15) is 24.0 Å². The summed E-state index contributed by atoms with van der Waals surface area (Å²) in [7, 11) is 1.77. The van der Waals surface area contributed by atoms with Gasteiger partial charge in [-0.1, -0.05) is 12.1 Å². The van der Waals surface area contributed by atoms with Gasteiger partial charge < -0.3 is 10.1 Å². The predicted octanol–water partition coefficient (Wildman–Crippen LogP) is 1.83. The Morgan fingerprint density at radius 1 is 1.38 bits per heavy atom. The Kier molecular flexibility index (Phi) is 3.55. The van der Waals surface area contributed by atoms with Gasteiger partial charge in [-0.25, -0.2) is 0 Å². The van der Waals surface area contributed by atoms with Crippen molar-refractivity contribution in [3.63, 3.8) is 0 Å². The molecule has 1 saturated carbocycles. The average molecular weight is 216 g/mol. The van der Waals surface area contributed by atoms with E-state index in [4.69, 9.17) is 10.00 Å². The van der Waals surface area contributed by atoms with Crippen molar-refractivity contribution < 1.29 is 4.74 Å². The van der Waals surface area contributed by atoms with E-state index in [9.17, 15) is 0 Å². The molecule has 0 unspecified atom stereocenters. The molecule has 3 nitrogen and oxygen atoms in total. The van der Waals surface area contributed by atoms with Crippen LogP contribution in [0.4, 0.5) is 0 Å². The van der Waals surface area contributed by atoms with E-state index in [0.29, 0.717) is 17.7 Å². The van der Waals surface area contributed by atoms with Crippen LogP contribution in [0, 0.1) is 11.3 Å². The molecule has 2 rings (SSSR count). The van der Waals surface area contributed by atoms with Crippen molar-refractivity contribution in [3.05, 3.63) is 35.4 Å². The van der Waals surface area contributed by atoms with Crippen LogP contribution in [0.2, 0.25) is 0 Å². The number of hydrogen-bond donors (Lipinski definition) is 1. The van der Waals surface area contributed by atoms with Gasteiger partial charge >= 0.3 is 0 Å². The van der Waals surface area contributed by atoms with Crippen molar-refractivity contribution in [2.45, 2.75) is 31.5 Å². The van der Waals surface area contributed by atoms with E-state index in [0.717, 1.165) is 19.4 Å². The number of ether oxygens (including phenoxy) is 1. The minimum Gasteiger partial charge on any atom is -0.381 e. The van der Waals surface area contributed by atoms with Crippen LogP contribution in [0.25, 0.3) is 0 Å². The molecule has 0 radical (unpaired) electrons. The fourth-order valence-electron chi connectivity index (χ4n) is 1.88. The number of nitrogens with one attached hydrogen (secondary N) is 1. The zero-order valence-corrected chi connectivity index (χ0v) is 9.44. The second-order valence-corrected chi connectivity index (χ2v) is 4.22. The summed E-state index contributed by atoms with van der Waals surface area (Å²) >= 11 is 0. The molecule has 1 aromatic rings. The van der Waals surface area contributed by atoms with Crippen molar-refractivity contribution in [2.75, 3.05) is 7.11 Å². The van der Waals surface area contributed by atoms with Crippen LogP contribution in [-0.4, -0.2) is 19.3 Å². The fraction of sp³-hybridized carbons (Fsp3) is 0.462. The van der Waals surface area contributed by atoms with Crippen LogP contribution < -0.4 is 5.32 Å². The van der Waals surface area contributed by atoms with Gasteiger partial charge in [0, 0.05) is 19.7 Å². The van der Waals surface area contributed by atoms with Gasteiger partial charge in [-0.3, -0.25) is 0 Å². The van der Waals surface area contributed by atoms with Gasteiger partial charge in [-0.2, -0.15) is 5.26 Å². The molecule has 0 saturated heterocycles. The molecule has 1 aliphatic rings. The minimum atomic E-state index is 0.443. The average Bonchev–Trinajstić information content (AvgIpc) is 2.28. The van der Waals surface area contributed by atoms with Gasteiger partial charge in [0.2, 0.25) is 0 Å². The lowest BCUT2D eigenvalue weighted by Crippen LogP contribution is -2.44. The first-order chi connectivity index (χ1) is 7.81. The maximum atomic E-state index is 8.67. The molecule has 1 fully saturated rings. The Morgan fingerprint density at radius 2 is 2.06 bits per heavy atom. The monoisotopic (exact) mass is 216 g/mol. The third-order valence-corrected chi connectivity index (χ3v) is 3.11. The largest absolute Gasteiger partial charge is 0.381 e. The summed E-state index contributed by atoms with van der Waals surface area (Å²) in [4.78, 5) is 0. The smallest absolute Gasteiger partial charge is 0.0991 e. The Morgan fingerprint density at radius 3 is 2.62 bits per heavy atom. The van der Waals surface area contributed by atoms with E-state index in [1.54, 1.807) is 7.11 Å². The van der Waals surface area contributed by atoms with E-state index in [-0.39, 0.29) is 0 Å². The summed E-state index contributed by atoms with van der Waals surface area (Å²) in [5.41, 5.74) is 1.94. The Bertz CT molecular complexity index is 374. The van der Waals surface area contributed by atoms with Crippen LogP contribution in [0.5, 0.6) is 0 Å². The molecule has 0 atom stereocenters. The second-order valence-electron chi connectivity index (χ2n) is 4.22. The SMILES string of the molecule is COC1CC(NCc2ccc(C#N)cc2)C1. The summed E-state index contributed by atoms with van der Waals surface area (Å²) in [6, 6.07) is 10.4. The lowest BCUT2D eigenvalue weighted by molar-refractivity contribution is 0.0170. The van der Waals surface area contributed by atoms with Gasteiger partial charge in [0.25, 0.3) is 0 Å². The topological polar surface area (TPSA) is 45.0 Å². The lowest BCUT2D eigenvalue weighted by Gasteiger charge is -2.34. The van der Waals surface area contributed by atoms with Crippen LogP contribution >= 0.6 is 0 Å². The number of hydrogen-bond acceptors (Lipinski definition) is 3. The highest BCUT2D eigenvalue weighted by Gasteiger charge is 2.28. The van der Waals surface area contributed by atoms with Gasteiger partial charge in [0.1, 0.15) is 0 Å². The molecule has 0 bridgehead atoms. The molecular weight excluding hydrogens is 200 g/mol. The number of benzene rings is 1. The number of rotatable bonds is 4. The first kappa shape index (κ1) is 11.1. The molecule has 0 amide bonds. The summed E-state index contributed by atoms with van der Waals surface area (Å²) in [6.07, 6.45) is 2.65. The van der Waals surface area contributed by atoms with Crippen molar-refractivity contribution in [1.29, 1.82) is 5.26 Å². The van der Waals surface area contributed by atoms with E-state index in [1.807, 2.05) is 24.3 Å². The van der Waals surface area contributed by atoms with E-state index >= 15 is 0 Å². The predicted molar refractivity (Wildman–Crippen MR) is 61.8 cm³/mol. The molecule has 1 aliphatic carbocycles. The summed E-state index contributed by atoms with van der Waals surface area (Å²) in [6.45, 7) is 0.868. The highest BCUT2D eigenvalue weighted by molar-refractivity contribution is 5.31. The first-order valence-electron chi connectivity index (χ1n) is 5.57. The van der Waals surface area contributed by atoms with Gasteiger partial charge in [0.15, 0.2) is 0 Å². The molecule has 0 aromatic heterocycles. The molecule has 0 aliphatic heterocycles. The summed E-state index contributed by atoms with van der Waals surface area (Å²) in [5, 5.41) is 12.1. The summed E-state index contributed by atoms with van der Waals surface area (Å²) in [5.74, 6) is 0. The highest BCUT2D eigenvalue weighted by atomic mass is 16.5. The molecule has 16 heavy (non-hydrogen) atoms. The van der Waals surface area contributed by atoms with Crippen LogP contribution in [0.3, 0.4) is 0 Å². The zero-order valence-electron chi connectivity index (χ0n) is 9.44. The highest BCUT2D eigenvalue weighted by Crippen LogP contribution is 2.22. The molecule has 0 spiro atoms. The molecule has 1 aromatic carbocycles. The van der Waals surface area contributed by atoms with Gasteiger partial charge in [-0.05, 0) is 30.5 Å². The number of methoxy groups -OCH3 is 1. The number of nitriles is 1. The van der Waals surface area contributed by atoms with Crippen LogP contribution in [0.15, 0.2) is 24.3 Å². The first-order valence-corrected chi connectivity index (χ1v) is 5.57. The third-order valence-electron chi connectivity index (χ3n) is 3.11. The standard InChI is InChI=1S/C13H16N2O/c1-16-13-6-12(7-13)15-9-11-4-2-10(8-14)3-5-11/h2-5,12-13,15H,6-7,9H2,1H3. The molecular formula is C13H16N2O. The Balaban J connectivity index is 1.76. The Hall–Kier alpha value is -1.37. The molecule has 1 N–H and O–H groups in total. The van der Waals surface area contributed by atoms with E-state index in [2.05, 4.69) is 11.4 Å². The maximum absolute atomic E-state index is 8.67. The molecule has 0 heterocycles. The van der Waals surface area contributed by atoms with E-state index < -0.39 is 0 Å². The normalized spacial score (nSPS) is 23.5. The minimum absolute atomic E-state index is 0.443. The second kappa shape index (κ2) is 5.11. The fourth-order valence-corrected chi connectivity index (χ4v) is 1.88.